The fourth-order valence-electron chi connectivity index (χ4n) is 4.12. The van der Waals surface area contributed by atoms with Crippen molar-refractivity contribution in [3.05, 3.63) is 35.9 Å². The zero-order valence-corrected chi connectivity index (χ0v) is 22.5. The summed E-state index contributed by atoms with van der Waals surface area (Å²) in [6.07, 6.45) is 0.565. The first-order chi connectivity index (χ1) is 16.1. The fourth-order valence-corrected chi connectivity index (χ4v) is 4.12. The van der Waals surface area contributed by atoms with E-state index in [0.717, 1.165) is 5.56 Å². The third-order valence-electron chi connectivity index (χ3n) is 5.56. The molecule has 0 N–H and O–H groups in total. The van der Waals surface area contributed by atoms with Gasteiger partial charge in [-0.15, -0.1) is 0 Å². The van der Waals surface area contributed by atoms with E-state index in [1.54, 1.807) is 4.90 Å². The van der Waals surface area contributed by atoms with E-state index in [9.17, 15) is 14.4 Å². The Morgan fingerprint density at radius 3 is 2.11 bits per heavy atom. The van der Waals surface area contributed by atoms with Crippen LogP contribution >= 0.6 is 0 Å². The van der Waals surface area contributed by atoms with Crippen molar-refractivity contribution in [2.24, 2.45) is 5.92 Å². The summed E-state index contributed by atoms with van der Waals surface area (Å²) in [5.41, 5.74) is -0.142. The quantitative estimate of drug-likeness (QED) is 0.278. The van der Waals surface area contributed by atoms with Gasteiger partial charge in [-0.3, -0.25) is 4.79 Å². The number of likely N-dealkylation sites (tertiary alicyclic amines) is 1. The molecule has 8 nitrogen and oxygen atoms in total. The average Bonchev–Trinajstić information content (AvgIpc) is 2.66. The first-order valence-corrected chi connectivity index (χ1v) is 12.4. The molecule has 1 amide bonds. The number of carbonyl (C=O) groups excluding carboxylic acids is 3. The number of hydrogen-bond donors (Lipinski definition) is 0. The zero-order valence-electron chi connectivity index (χ0n) is 22.5. The molecular weight excluding hydrogens is 448 g/mol. The second kappa shape index (κ2) is 11.9. The van der Waals surface area contributed by atoms with Crippen molar-refractivity contribution in [3.63, 3.8) is 0 Å². The smallest absolute Gasteiger partial charge is 0.410 e. The highest BCUT2D eigenvalue weighted by Crippen LogP contribution is 2.23. The molecule has 0 saturated carbocycles. The molecule has 35 heavy (non-hydrogen) atoms. The number of amides is 1. The van der Waals surface area contributed by atoms with E-state index in [4.69, 9.17) is 14.2 Å². The van der Waals surface area contributed by atoms with Crippen LogP contribution in [0.25, 0.3) is 0 Å². The van der Waals surface area contributed by atoms with Crippen LogP contribution in [0.1, 0.15) is 59.9 Å². The standard InChI is InChI=1S/C27H43N2O6/c1-26(2,3)34-24(31)19-29(7,18-22-16-28(17-22)25(32)35-27(4,5)6)15-11-14-23(30)33-20-21-12-9-8-10-13-21/h8-10,12-13,22H,11,14-20H2,1-7H3/q+1. The Morgan fingerprint density at radius 1 is 0.943 bits per heavy atom. The lowest BCUT2D eigenvalue weighted by molar-refractivity contribution is -0.906. The fraction of sp³-hybridized carbons (Fsp3) is 0.667. The normalized spacial score (nSPS) is 16.1. The molecule has 1 saturated heterocycles. The van der Waals surface area contributed by atoms with Crippen molar-refractivity contribution in [2.45, 2.75) is 72.2 Å². The number of carbonyl (C=O) groups is 3. The molecule has 1 unspecified atom stereocenters. The number of esters is 2. The van der Waals surface area contributed by atoms with Crippen molar-refractivity contribution in [3.8, 4) is 0 Å². The zero-order chi connectivity index (χ0) is 26.3. The highest BCUT2D eigenvalue weighted by molar-refractivity contribution is 5.71. The van der Waals surface area contributed by atoms with Gasteiger partial charge in [0.25, 0.3) is 0 Å². The summed E-state index contributed by atoms with van der Waals surface area (Å²) in [4.78, 5) is 38.8. The number of hydrogen-bond acceptors (Lipinski definition) is 6. The predicted octanol–water partition coefficient (Wildman–Crippen LogP) is 4.17. The molecule has 1 atom stereocenters. The third kappa shape index (κ3) is 11.1. The molecule has 0 aromatic heterocycles. The molecule has 196 valence electrons. The van der Waals surface area contributed by atoms with Crippen LogP contribution in [0.2, 0.25) is 0 Å². The molecule has 0 spiro atoms. The lowest BCUT2D eigenvalue weighted by atomic mass is 9.98. The lowest BCUT2D eigenvalue weighted by Gasteiger charge is -2.44. The van der Waals surface area contributed by atoms with Crippen LogP contribution in [0.5, 0.6) is 0 Å². The minimum atomic E-state index is -0.562. The van der Waals surface area contributed by atoms with Crippen LogP contribution in [0.4, 0.5) is 4.79 Å². The van der Waals surface area contributed by atoms with Gasteiger partial charge in [-0.25, -0.2) is 9.59 Å². The topological polar surface area (TPSA) is 82.1 Å². The van der Waals surface area contributed by atoms with Gasteiger partial charge < -0.3 is 23.6 Å². The number of ether oxygens (including phenoxy) is 3. The first-order valence-electron chi connectivity index (χ1n) is 12.4. The number of rotatable bonds is 10. The summed E-state index contributed by atoms with van der Waals surface area (Å²) in [6, 6.07) is 9.58. The van der Waals surface area contributed by atoms with Gasteiger partial charge in [0.2, 0.25) is 0 Å². The van der Waals surface area contributed by atoms with E-state index in [-0.39, 0.29) is 43.5 Å². The van der Waals surface area contributed by atoms with Gasteiger partial charge in [0, 0.05) is 25.4 Å². The van der Waals surface area contributed by atoms with E-state index in [0.29, 0.717) is 37.1 Å². The average molecular weight is 492 g/mol. The molecule has 1 aromatic carbocycles. The molecule has 0 radical (unpaired) electrons. The van der Waals surface area contributed by atoms with Crippen molar-refractivity contribution in [2.75, 3.05) is 39.8 Å². The Hall–Kier alpha value is -2.61. The Kier molecular flexibility index (Phi) is 9.72. The maximum absolute atomic E-state index is 12.6. The van der Waals surface area contributed by atoms with E-state index < -0.39 is 11.2 Å². The summed E-state index contributed by atoms with van der Waals surface area (Å²) >= 11 is 0. The highest BCUT2D eigenvalue weighted by Gasteiger charge is 2.40. The summed E-state index contributed by atoms with van der Waals surface area (Å²) in [6.45, 7) is 14.1. The SMILES string of the molecule is CC(C)(C)OC(=O)C[N+](C)(CCCC(=O)OCc1ccccc1)CC1CN(C(=O)OC(C)(C)C)C1. The van der Waals surface area contributed by atoms with Gasteiger partial charge in [-0.2, -0.15) is 0 Å². The minimum Gasteiger partial charge on any atom is -0.461 e. The Labute approximate surface area is 210 Å². The molecular formula is C27H43N2O6+. The van der Waals surface area contributed by atoms with E-state index in [1.807, 2.05) is 78.9 Å². The van der Waals surface area contributed by atoms with Gasteiger partial charge in [0.1, 0.15) is 17.8 Å². The third-order valence-corrected chi connectivity index (χ3v) is 5.56. The van der Waals surface area contributed by atoms with E-state index in [1.165, 1.54) is 0 Å². The summed E-state index contributed by atoms with van der Waals surface area (Å²) in [5, 5.41) is 0. The van der Waals surface area contributed by atoms with E-state index >= 15 is 0 Å². The number of benzene rings is 1. The van der Waals surface area contributed by atoms with Gasteiger partial charge >= 0.3 is 18.0 Å². The van der Waals surface area contributed by atoms with E-state index in [2.05, 4.69) is 0 Å². The van der Waals surface area contributed by atoms with Crippen molar-refractivity contribution in [1.29, 1.82) is 0 Å². The predicted molar refractivity (Wildman–Crippen MR) is 133 cm³/mol. The van der Waals surface area contributed by atoms with Crippen LogP contribution in [-0.2, 0) is 30.4 Å². The molecule has 8 heteroatoms. The second-order valence-corrected chi connectivity index (χ2v) is 11.8. The Bertz CT molecular complexity index is 853. The van der Waals surface area contributed by atoms with Crippen molar-refractivity contribution < 1.29 is 33.1 Å². The van der Waals surface area contributed by atoms with Gasteiger partial charge in [-0.1, -0.05) is 30.3 Å². The Morgan fingerprint density at radius 2 is 1.54 bits per heavy atom. The molecule has 1 fully saturated rings. The van der Waals surface area contributed by atoms with Gasteiger partial charge in [-0.05, 0) is 47.1 Å². The highest BCUT2D eigenvalue weighted by atomic mass is 16.6. The van der Waals surface area contributed by atoms with Crippen molar-refractivity contribution >= 4 is 18.0 Å². The van der Waals surface area contributed by atoms with Crippen LogP contribution < -0.4 is 0 Å². The number of likely N-dealkylation sites (N-methyl/N-ethyl adjacent to an activating group) is 1. The maximum Gasteiger partial charge on any atom is 0.410 e. The van der Waals surface area contributed by atoms with Gasteiger partial charge in [0.15, 0.2) is 6.54 Å². The molecule has 0 bridgehead atoms. The molecule has 2 rings (SSSR count). The Balaban J connectivity index is 1.88. The van der Waals surface area contributed by atoms with Crippen molar-refractivity contribution in [1.82, 2.24) is 4.90 Å². The molecule has 0 aliphatic carbocycles. The lowest BCUT2D eigenvalue weighted by Crippen LogP contribution is -2.60. The van der Waals surface area contributed by atoms with Crippen LogP contribution in [0.15, 0.2) is 30.3 Å². The molecule has 1 heterocycles. The number of nitrogens with zero attached hydrogens (tertiary/aromatic N) is 2. The molecule has 1 aliphatic heterocycles. The molecule has 1 aliphatic rings. The van der Waals surface area contributed by atoms with Crippen LogP contribution in [0.3, 0.4) is 0 Å². The summed E-state index contributed by atoms with van der Waals surface area (Å²) in [7, 11) is 2.01. The summed E-state index contributed by atoms with van der Waals surface area (Å²) < 4.78 is 16.8. The van der Waals surface area contributed by atoms with Crippen LogP contribution in [-0.4, -0.2) is 78.4 Å². The maximum atomic E-state index is 12.6. The largest absolute Gasteiger partial charge is 0.461 e. The monoisotopic (exact) mass is 491 g/mol. The molecule has 1 aromatic rings. The van der Waals surface area contributed by atoms with Gasteiger partial charge in [0.05, 0.1) is 26.6 Å². The second-order valence-electron chi connectivity index (χ2n) is 11.8. The summed E-state index contributed by atoms with van der Waals surface area (Å²) in [5.74, 6) is -0.271. The first kappa shape index (κ1) is 28.6. The minimum absolute atomic E-state index is 0.208. The van der Waals surface area contributed by atoms with Crippen LogP contribution in [0, 0.1) is 5.92 Å². The number of quaternary nitrogens is 1.